The van der Waals surface area contributed by atoms with E-state index in [4.69, 9.17) is 9.47 Å². The highest BCUT2D eigenvalue weighted by atomic mass is 32.2. The summed E-state index contributed by atoms with van der Waals surface area (Å²) in [6.07, 6.45) is 1.02. The Hall–Kier alpha value is -3.77. The highest BCUT2D eigenvalue weighted by Crippen LogP contribution is 2.25. The Morgan fingerprint density at radius 3 is 1.92 bits per heavy atom. The second-order valence-electron chi connectivity index (χ2n) is 8.01. The van der Waals surface area contributed by atoms with Crippen molar-refractivity contribution in [3.63, 3.8) is 0 Å². The summed E-state index contributed by atoms with van der Waals surface area (Å²) in [6, 6.07) is 17.2. The maximum absolute atomic E-state index is 12.9. The van der Waals surface area contributed by atoms with Gasteiger partial charge in [-0.25, -0.2) is 16.8 Å². The molecule has 0 spiro atoms. The molecule has 1 atom stereocenters. The zero-order valence-electron chi connectivity index (χ0n) is 20.8. The Kier molecular flexibility index (Phi) is 8.66. The molecule has 0 unspecified atom stereocenters. The monoisotopic (exact) mass is 547 g/mol. The van der Waals surface area contributed by atoms with Crippen LogP contribution in [0.5, 0.6) is 11.5 Å². The van der Waals surface area contributed by atoms with Gasteiger partial charge in [0, 0.05) is 11.4 Å². The number of rotatable bonds is 11. The molecule has 3 aromatic carbocycles. The van der Waals surface area contributed by atoms with Crippen molar-refractivity contribution in [3.05, 3.63) is 72.8 Å². The fourth-order valence-corrected chi connectivity index (χ4v) is 5.74. The molecule has 0 radical (unpaired) electrons. The summed E-state index contributed by atoms with van der Waals surface area (Å²) in [5.74, 6) is 0.578. The lowest BCUT2D eigenvalue weighted by atomic mass is 10.2. The van der Waals surface area contributed by atoms with Crippen LogP contribution in [0.4, 0.5) is 17.1 Å². The third kappa shape index (κ3) is 7.14. The van der Waals surface area contributed by atoms with Crippen molar-refractivity contribution in [2.45, 2.75) is 24.8 Å². The number of hydrogen-bond donors (Lipinski definition) is 2. The van der Waals surface area contributed by atoms with Gasteiger partial charge in [0.25, 0.3) is 10.0 Å². The summed E-state index contributed by atoms with van der Waals surface area (Å²) in [4.78, 5) is 12.9. The van der Waals surface area contributed by atoms with Crippen LogP contribution in [0.25, 0.3) is 0 Å². The minimum atomic E-state index is -3.87. The van der Waals surface area contributed by atoms with Gasteiger partial charge in [0.2, 0.25) is 15.9 Å². The molecule has 2 N–H and O–H groups in total. The first kappa shape index (κ1) is 27.8. The van der Waals surface area contributed by atoms with Gasteiger partial charge >= 0.3 is 0 Å². The average molecular weight is 548 g/mol. The van der Waals surface area contributed by atoms with E-state index in [1.54, 1.807) is 48.5 Å². The molecule has 37 heavy (non-hydrogen) atoms. The van der Waals surface area contributed by atoms with Crippen molar-refractivity contribution >= 4 is 43.0 Å². The fraction of sp³-hybridized carbons (Fsp3) is 0.240. The van der Waals surface area contributed by atoms with Gasteiger partial charge < -0.3 is 14.8 Å². The molecule has 0 saturated heterocycles. The second-order valence-corrected chi connectivity index (χ2v) is 11.6. The molecule has 3 aromatic rings. The summed E-state index contributed by atoms with van der Waals surface area (Å²) in [6.45, 7) is 3.76. The molecule has 0 aliphatic carbocycles. The third-order valence-corrected chi connectivity index (χ3v) is 7.90. The maximum Gasteiger partial charge on any atom is 0.261 e. The van der Waals surface area contributed by atoms with Crippen LogP contribution in [-0.2, 0) is 24.8 Å². The molecule has 0 fully saturated rings. The Labute approximate surface area is 217 Å². The van der Waals surface area contributed by atoms with E-state index in [1.807, 2.05) is 6.92 Å². The smallest absolute Gasteiger partial charge is 0.261 e. The summed E-state index contributed by atoms with van der Waals surface area (Å²) < 4.78 is 64.4. The van der Waals surface area contributed by atoms with Crippen LogP contribution in [0.1, 0.15) is 13.8 Å². The minimum absolute atomic E-state index is 0.0125. The van der Waals surface area contributed by atoms with Gasteiger partial charge in [0.1, 0.15) is 17.5 Å². The Morgan fingerprint density at radius 2 is 1.41 bits per heavy atom. The molecule has 0 saturated carbocycles. The number of nitrogens with one attached hydrogen (secondary N) is 2. The number of carbonyl (C=O) groups is 1. The van der Waals surface area contributed by atoms with Crippen LogP contribution in [-0.4, -0.2) is 48.8 Å². The number of benzene rings is 3. The minimum Gasteiger partial charge on any atom is -0.497 e. The topological polar surface area (TPSA) is 131 Å². The fourth-order valence-electron chi connectivity index (χ4n) is 3.50. The SMILES string of the molecule is CCOc1ccc(N([C@@H](C)C(=O)Nc2ccc(S(=O)(=O)Nc3ccc(OC)cc3)cc2)S(C)(=O)=O)cc1. The van der Waals surface area contributed by atoms with Gasteiger partial charge in [-0.05, 0) is 86.6 Å². The van der Waals surface area contributed by atoms with Crippen molar-refractivity contribution in [2.24, 2.45) is 0 Å². The predicted molar refractivity (Wildman–Crippen MR) is 143 cm³/mol. The summed E-state index contributed by atoms with van der Waals surface area (Å²) in [5.41, 5.74) is 0.974. The van der Waals surface area contributed by atoms with E-state index in [0.29, 0.717) is 35.2 Å². The van der Waals surface area contributed by atoms with E-state index >= 15 is 0 Å². The van der Waals surface area contributed by atoms with Crippen molar-refractivity contribution in [1.29, 1.82) is 0 Å². The number of amides is 1. The first-order chi connectivity index (χ1) is 17.4. The molecule has 10 nitrogen and oxygen atoms in total. The molecular weight excluding hydrogens is 518 g/mol. The van der Waals surface area contributed by atoms with Crippen LogP contribution in [0, 0.1) is 0 Å². The molecule has 0 aliphatic heterocycles. The van der Waals surface area contributed by atoms with Gasteiger partial charge in [-0.2, -0.15) is 0 Å². The summed E-state index contributed by atoms with van der Waals surface area (Å²) in [7, 11) is -6.16. The second kappa shape index (κ2) is 11.5. The Morgan fingerprint density at radius 1 is 0.865 bits per heavy atom. The number of ether oxygens (including phenoxy) is 2. The van der Waals surface area contributed by atoms with Gasteiger partial charge in [0.15, 0.2) is 0 Å². The Bertz CT molecular complexity index is 1420. The van der Waals surface area contributed by atoms with Gasteiger partial charge in [-0.1, -0.05) is 0 Å². The van der Waals surface area contributed by atoms with Crippen molar-refractivity contribution < 1.29 is 31.1 Å². The van der Waals surface area contributed by atoms with Crippen LogP contribution in [0.3, 0.4) is 0 Å². The quantitative estimate of drug-likeness (QED) is 0.374. The number of anilines is 3. The Balaban J connectivity index is 1.73. The zero-order valence-corrected chi connectivity index (χ0v) is 22.5. The number of carbonyl (C=O) groups excluding carboxylic acids is 1. The average Bonchev–Trinajstić information content (AvgIpc) is 2.85. The van der Waals surface area contributed by atoms with E-state index in [1.165, 1.54) is 38.3 Å². The first-order valence-electron chi connectivity index (χ1n) is 11.2. The first-order valence-corrected chi connectivity index (χ1v) is 14.6. The van der Waals surface area contributed by atoms with E-state index < -0.39 is 32.0 Å². The molecule has 0 aromatic heterocycles. The standard InChI is InChI=1S/C25H29N3O7S2/c1-5-35-23-14-10-21(11-15-23)28(36(4,30)31)18(2)25(29)26-19-8-16-24(17-9-19)37(32,33)27-20-6-12-22(34-3)13-7-20/h6-18,27H,5H2,1-4H3,(H,26,29)/t18-/m0/s1. The predicted octanol–water partition coefficient (Wildman–Crippen LogP) is 3.69. The third-order valence-electron chi connectivity index (χ3n) is 5.27. The van der Waals surface area contributed by atoms with Crippen molar-refractivity contribution in [3.8, 4) is 11.5 Å². The summed E-state index contributed by atoms with van der Waals surface area (Å²) >= 11 is 0. The van der Waals surface area contributed by atoms with Crippen molar-refractivity contribution in [2.75, 3.05) is 34.3 Å². The van der Waals surface area contributed by atoms with E-state index in [2.05, 4.69) is 10.0 Å². The number of methoxy groups -OCH3 is 1. The van der Waals surface area contributed by atoms with E-state index in [9.17, 15) is 21.6 Å². The number of hydrogen-bond acceptors (Lipinski definition) is 7. The van der Waals surface area contributed by atoms with Gasteiger partial charge in [-0.15, -0.1) is 0 Å². The highest BCUT2D eigenvalue weighted by molar-refractivity contribution is 7.92. The van der Waals surface area contributed by atoms with E-state index in [-0.39, 0.29) is 4.90 Å². The summed E-state index contributed by atoms with van der Waals surface area (Å²) in [5, 5.41) is 2.64. The lowest BCUT2D eigenvalue weighted by Crippen LogP contribution is -2.45. The highest BCUT2D eigenvalue weighted by Gasteiger charge is 2.29. The largest absolute Gasteiger partial charge is 0.497 e. The number of sulfonamides is 2. The van der Waals surface area contributed by atoms with Crippen LogP contribution in [0.15, 0.2) is 77.7 Å². The molecule has 0 bridgehead atoms. The molecule has 1 amide bonds. The van der Waals surface area contributed by atoms with Crippen molar-refractivity contribution in [1.82, 2.24) is 0 Å². The van der Waals surface area contributed by atoms with Gasteiger partial charge in [-0.3, -0.25) is 13.8 Å². The molecule has 3 rings (SSSR count). The molecular formula is C25H29N3O7S2. The van der Waals surface area contributed by atoms with E-state index in [0.717, 1.165) is 10.6 Å². The normalized spacial score (nSPS) is 12.3. The van der Waals surface area contributed by atoms with Crippen LogP contribution < -0.4 is 23.8 Å². The van der Waals surface area contributed by atoms with Gasteiger partial charge in [0.05, 0.1) is 30.6 Å². The number of nitrogens with zero attached hydrogens (tertiary/aromatic N) is 1. The maximum atomic E-state index is 12.9. The lowest BCUT2D eigenvalue weighted by molar-refractivity contribution is -0.116. The molecule has 198 valence electrons. The molecule has 12 heteroatoms. The zero-order chi connectivity index (χ0) is 27.2. The lowest BCUT2D eigenvalue weighted by Gasteiger charge is -2.28. The van der Waals surface area contributed by atoms with Crippen LogP contribution >= 0.6 is 0 Å². The molecule has 0 aliphatic rings. The molecule has 0 heterocycles. The van der Waals surface area contributed by atoms with Crippen LogP contribution in [0.2, 0.25) is 0 Å².